The number of benzene rings is 1. The first-order chi connectivity index (χ1) is 9.06. The molecular formula is C15H21ClN2O2. The summed E-state index contributed by atoms with van der Waals surface area (Å²) in [6.45, 7) is 3.40. The van der Waals surface area contributed by atoms with Crippen molar-refractivity contribution in [2.75, 3.05) is 32.1 Å². The topological polar surface area (TPSA) is 41.6 Å². The highest BCUT2D eigenvalue weighted by molar-refractivity contribution is 5.85. The molecule has 1 aromatic carbocycles. The zero-order valence-electron chi connectivity index (χ0n) is 12.1. The van der Waals surface area contributed by atoms with Crippen molar-refractivity contribution in [2.45, 2.75) is 18.8 Å². The zero-order chi connectivity index (χ0) is 13.6. The Balaban J connectivity index is 0.00000147. The Morgan fingerprint density at radius 1 is 1.55 bits per heavy atom. The molecule has 0 saturated heterocycles. The first kappa shape index (κ1) is 15.0. The minimum absolute atomic E-state index is 0. The van der Waals surface area contributed by atoms with Crippen molar-refractivity contribution in [1.29, 1.82) is 0 Å². The molecule has 1 N–H and O–H groups in total. The van der Waals surface area contributed by atoms with Crippen molar-refractivity contribution >= 4 is 24.0 Å². The summed E-state index contributed by atoms with van der Waals surface area (Å²) in [4.78, 5) is 13.4. The van der Waals surface area contributed by atoms with Crippen molar-refractivity contribution in [3.05, 3.63) is 23.8 Å². The second kappa shape index (κ2) is 5.17. The molecule has 1 spiro atoms. The second-order valence-corrected chi connectivity index (χ2v) is 5.73. The van der Waals surface area contributed by atoms with Gasteiger partial charge in [0.05, 0.1) is 7.11 Å². The van der Waals surface area contributed by atoms with E-state index in [4.69, 9.17) is 4.74 Å². The fourth-order valence-corrected chi connectivity index (χ4v) is 3.41. The monoisotopic (exact) mass is 296 g/mol. The Labute approximate surface area is 125 Å². The number of hydrogen-bond donors (Lipinski definition) is 1. The van der Waals surface area contributed by atoms with Gasteiger partial charge in [0.15, 0.2) is 0 Å². The Hall–Kier alpha value is -1.42. The summed E-state index contributed by atoms with van der Waals surface area (Å²) in [6.07, 6.45) is 1.15. The molecule has 1 fully saturated rings. The van der Waals surface area contributed by atoms with Crippen LogP contribution in [0.1, 0.15) is 18.9 Å². The van der Waals surface area contributed by atoms with Crippen LogP contribution in [-0.2, 0) is 10.2 Å². The average Bonchev–Trinajstić information content (AvgIpc) is 3.01. The molecule has 20 heavy (non-hydrogen) atoms. The number of halogens is 1. The van der Waals surface area contributed by atoms with Crippen molar-refractivity contribution in [3.63, 3.8) is 0 Å². The van der Waals surface area contributed by atoms with E-state index in [1.54, 1.807) is 14.0 Å². The third-order valence-corrected chi connectivity index (χ3v) is 4.50. The van der Waals surface area contributed by atoms with Crippen LogP contribution in [-0.4, -0.2) is 33.2 Å². The summed E-state index contributed by atoms with van der Waals surface area (Å²) in [6, 6.07) is 6.31. The van der Waals surface area contributed by atoms with Crippen molar-refractivity contribution < 1.29 is 9.53 Å². The van der Waals surface area contributed by atoms with Crippen LogP contribution in [0.2, 0.25) is 0 Å². The zero-order valence-corrected chi connectivity index (χ0v) is 12.9. The lowest BCUT2D eigenvalue weighted by Crippen LogP contribution is -2.27. The standard InChI is InChI=1S/C15H20N2O2.ClH/c1-10(18)16-8-11-7-15(11)9-17(2)14-5-4-12(19-3)6-13(14)15;/h4-6,11H,7-9H2,1-3H3,(H,16,18);1H. The number of nitrogens with zero attached hydrogens (tertiary/aromatic N) is 1. The van der Waals surface area contributed by atoms with E-state index in [2.05, 4.69) is 29.4 Å². The van der Waals surface area contributed by atoms with Crippen LogP contribution in [0.5, 0.6) is 5.75 Å². The highest BCUT2D eigenvalue weighted by Gasteiger charge is 2.59. The molecule has 0 bridgehead atoms. The van der Waals surface area contributed by atoms with Gasteiger partial charge >= 0.3 is 0 Å². The number of methoxy groups -OCH3 is 1. The van der Waals surface area contributed by atoms with E-state index in [0.717, 1.165) is 25.3 Å². The molecule has 5 heteroatoms. The molecule has 3 rings (SSSR count). The maximum Gasteiger partial charge on any atom is 0.216 e. The minimum atomic E-state index is 0. The van der Waals surface area contributed by atoms with Crippen LogP contribution in [0.4, 0.5) is 5.69 Å². The first-order valence-electron chi connectivity index (χ1n) is 6.71. The van der Waals surface area contributed by atoms with Gasteiger partial charge in [-0.2, -0.15) is 0 Å². The molecule has 0 aromatic heterocycles. The van der Waals surface area contributed by atoms with E-state index in [1.165, 1.54) is 11.3 Å². The van der Waals surface area contributed by atoms with Crippen LogP contribution >= 0.6 is 12.4 Å². The fourth-order valence-electron chi connectivity index (χ4n) is 3.41. The maximum absolute atomic E-state index is 11.0. The van der Waals surface area contributed by atoms with Crippen molar-refractivity contribution in [3.8, 4) is 5.75 Å². The third kappa shape index (κ3) is 2.22. The molecule has 1 amide bonds. The van der Waals surface area contributed by atoms with Crippen LogP contribution in [0.25, 0.3) is 0 Å². The largest absolute Gasteiger partial charge is 0.497 e. The van der Waals surface area contributed by atoms with Gasteiger partial charge in [0.25, 0.3) is 0 Å². The summed E-state index contributed by atoms with van der Waals surface area (Å²) < 4.78 is 5.34. The SMILES string of the molecule is COc1ccc2c(c1)C1(CC1CNC(C)=O)CN2C.Cl. The Morgan fingerprint density at radius 2 is 2.30 bits per heavy atom. The van der Waals surface area contributed by atoms with Gasteiger partial charge in [0, 0.05) is 38.2 Å². The number of fused-ring (bicyclic) bond motifs is 2. The normalized spacial score (nSPS) is 25.9. The number of anilines is 1. The van der Waals surface area contributed by atoms with Crippen LogP contribution in [0.15, 0.2) is 18.2 Å². The molecule has 2 unspecified atom stereocenters. The number of hydrogen-bond acceptors (Lipinski definition) is 3. The maximum atomic E-state index is 11.0. The summed E-state index contributed by atoms with van der Waals surface area (Å²) in [7, 11) is 3.84. The van der Waals surface area contributed by atoms with Crippen molar-refractivity contribution in [1.82, 2.24) is 5.32 Å². The predicted octanol–water partition coefficient (Wildman–Crippen LogP) is 1.96. The second-order valence-electron chi connectivity index (χ2n) is 5.73. The van der Waals surface area contributed by atoms with E-state index >= 15 is 0 Å². The number of likely N-dealkylation sites (N-methyl/N-ethyl adjacent to an activating group) is 1. The number of ether oxygens (including phenoxy) is 1. The average molecular weight is 297 g/mol. The van der Waals surface area contributed by atoms with E-state index < -0.39 is 0 Å². The smallest absolute Gasteiger partial charge is 0.216 e. The minimum Gasteiger partial charge on any atom is -0.497 e. The lowest BCUT2D eigenvalue weighted by molar-refractivity contribution is -0.119. The van der Waals surface area contributed by atoms with Crippen molar-refractivity contribution in [2.24, 2.45) is 5.92 Å². The number of rotatable bonds is 3. The fraction of sp³-hybridized carbons (Fsp3) is 0.533. The molecule has 0 radical (unpaired) electrons. The van der Waals surface area contributed by atoms with E-state index in [1.807, 2.05) is 6.07 Å². The molecule has 1 heterocycles. The molecule has 2 aliphatic rings. The lowest BCUT2D eigenvalue weighted by Gasteiger charge is -2.12. The highest BCUT2D eigenvalue weighted by Crippen LogP contribution is 2.60. The van der Waals surface area contributed by atoms with Gasteiger partial charge in [-0.3, -0.25) is 4.79 Å². The summed E-state index contributed by atoms with van der Waals surface area (Å²) >= 11 is 0. The summed E-state index contributed by atoms with van der Waals surface area (Å²) in [5.41, 5.74) is 2.90. The number of carbonyl (C=O) groups excluding carboxylic acids is 1. The molecule has 1 aromatic rings. The van der Waals surface area contributed by atoms with Gasteiger partial charge in [-0.25, -0.2) is 0 Å². The van der Waals surface area contributed by atoms with E-state index in [-0.39, 0.29) is 23.7 Å². The Kier molecular flexibility index (Phi) is 3.87. The molecule has 1 aliphatic heterocycles. The molecule has 1 saturated carbocycles. The molecule has 2 atom stereocenters. The predicted molar refractivity (Wildman–Crippen MR) is 82.0 cm³/mol. The molecular weight excluding hydrogens is 276 g/mol. The van der Waals surface area contributed by atoms with Gasteiger partial charge < -0.3 is 15.0 Å². The van der Waals surface area contributed by atoms with Gasteiger partial charge in [-0.05, 0) is 36.1 Å². The number of carbonyl (C=O) groups is 1. The van der Waals surface area contributed by atoms with Crippen LogP contribution < -0.4 is 15.0 Å². The quantitative estimate of drug-likeness (QED) is 0.927. The third-order valence-electron chi connectivity index (χ3n) is 4.50. The summed E-state index contributed by atoms with van der Waals surface area (Å²) in [5.74, 6) is 1.52. The summed E-state index contributed by atoms with van der Waals surface area (Å²) in [5, 5.41) is 2.94. The molecule has 4 nitrogen and oxygen atoms in total. The number of nitrogens with one attached hydrogen (secondary N) is 1. The first-order valence-corrected chi connectivity index (χ1v) is 6.71. The lowest BCUT2D eigenvalue weighted by atomic mass is 9.95. The van der Waals surface area contributed by atoms with E-state index in [0.29, 0.717) is 5.92 Å². The molecule has 110 valence electrons. The van der Waals surface area contributed by atoms with Gasteiger partial charge in [-0.15, -0.1) is 12.4 Å². The highest BCUT2D eigenvalue weighted by atomic mass is 35.5. The van der Waals surface area contributed by atoms with Crippen LogP contribution in [0.3, 0.4) is 0 Å². The molecule has 1 aliphatic carbocycles. The van der Waals surface area contributed by atoms with Gasteiger partial charge in [0.1, 0.15) is 5.75 Å². The Morgan fingerprint density at radius 3 is 2.95 bits per heavy atom. The number of amides is 1. The Bertz CT molecular complexity index is 535. The van der Waals surface area contributed by atoms with Gasteiger partial charge in [0.2, 0.25) is 5.91 Å². The van der Waals surface area contributed by atoms with E-state index in [9.17, 15) is 4.79 Å². The van der Waals surface area contributed by atoms with Gasteiger partial charge in [-0.1, -0.05) is 0 Å². The van der Waals surface area contributed by atoms with Crippen LogP contribution in [0, 0.1) is 5.92 Å².